The van der Waals surface area contributed by atoms with E-state index in [-0.39, 0.29) is 28.9 Å². The van der Waals surface area contributed by atoms with Gasteiger partial charge in [0.2, 0.25) is 5.91 Å². The normalized spacial score (nSPS) is 16.4. The van der Waals surface area contributed by atoms with Gasteiger partial charge in [-0.15, -0.1) is 0 Å². The van der Waals surface area contributed by atoms with Crippen LogP contribution in [0.25, 0.3) is 0 Å². The summed E-state index contributed by atoms with van der Waals surface area (Å²) in [6.45, 7) is 3.31. The number of nitro benzene ring substituents is 2. The lowest BCUT2D eigenvalue weighted by Gasteiger charge is -2.21. The third kappa shape index (κ3) is 6.74. The standard InChI is InChI=1S/C17H25N5O6/c23-17(13-3-1-6-18-12-13)20-7-2-9-28-10-8-19-15-5-4-14(21(24)25)11-16(15)22(26)27/h4-5,11,13,18-19H,1-3,6-10,12H2,(H,20,23). The van der Waals surface area contributed by atoms with E-state index in [0.29, 0.717) is 32.7 Å². The van der Waals surface area contributed by atoms with Crippen molar-refractivity contribution in [1.82, 2.24) is 10.6 Å². The van der Waals surface area contributed by atoms with Gasteiger partial charge in [-0.25, -0.2) is 0 Å². The fraction of sp³-hybridized carbons (Fsp3) is 0.588. The van der Waals surface area contributed by atoms with Crippen LogP contribution in [-0.2, 0) is 9.53 Å². The summed E-state index contributed by atoms with van der Waals surface area (Å²) in [5.41, 5.74) is -0.485. The largest absolute Gasteiger partial charge is 0.380 e. The molecule has 11 heteroatoms. The molecule has 1 amide bonds. The molecule has 154 valence electrons. The number of carbonyl (C=O) groups excluding carboxylic acids is 1. The van der Waals surface area contributed by atoms with E-state index >= 15 is 0 Å². The van der Waals surface area contributed by atoms with Crippen LogP contribution >= 0.6 is 0 Å². The first-order valence-electron chi connectivity index (χ1n) is 9.22. The second-order valence-corrected chi connectivity index (χ2v) is 6.44. The number of rotatable bonds is 11. The fourth-order valence-corrected chi connectivity index (χ4v) is 2.90. The summed E-state index contributed by atoms with van der Waals surface area (Å²) >= 11 is 0. The summed E-state index contributed by atoms with van der Waals surface area (Å²) < 4.78 is 5.44. The fourth-order valence-electron chi connectivity index (χ4n) is 2.90. The quantitative estimate of drug-likeness (QED) is 0.289. The average molecular weight is 395 g/mol. The summed E-state index contributed by atoms with van der Waals surface area (Å²) in [6, 6.07) is 3.44. The zero-order chi connectivity index (χ0) is 20.4. The highest BCUT2D eigenvalue weighted by molar-refractivity contribution is 5.78. The predicted molar refractivity (Wildman–Crippen MR) is 102 cm³/mol. The Kier molecular flexibility index (Phi) is 8.56. The van der Waals surface area contributed by atoms with E-state index in [9.17, 15) is 25.0 Å². The Morgan fingerprint density at radius 3 is 2.71 bits per heavy atom. The number of amides is 1. The molecule has 0 saturated carbocycles. The molecule has 1 unspecified atom stereocenters. The number of hydrogen-bond acceptors (Lipinski definition) is 8. The minimum Gasteiger partial charge on any atom is -0.380 e. The molecule has 0 aliphatic carbocycles. The van der Waals surface area contributed by atoms with Gasteiger partial charge in [0.15, 0.2) is 0 Å². The lowest BCUT2D eigenvalue weighted by molar-refractivity contribution is -0.393. The summed E-state index contributed by atoms with van der Waals surface area (Å²) in [5, 5.41) is 30.7. The number of ether oxygens (including phenoxy) is 1. The van der Waals surface area contributed by atoms with Crippen LogP contribution in [0.4, 0.5) is 17.1 Å². The number of hydrogen-bond donors (Lipinski definition) is 3. The van der Waals surface area contributed by atoms with Gasteiger partial charge < -0.3 is 20.7 Å². The van der Waals surface area contributed by atoms with Gasteiger partial charge in [-0.3, -0.25) is 25.0 Å². The Labute approximate surface area is 162 Å². The van der Waals surface area contributed by atoms with E-state index in [1.165, 1.54) is 12.1 Å². The zero-order valence-electron chi connectivity index (χ0n) is 15.5. The average Bonchev–Trinajstić information content (AvgIpc) is 2.70. The molecule has 11 nitrogen and oxygen atoms in total. The monoisotopic (exact) mass is 395 g/mol. The van der Waals surface area contributed by atoms with Crippen molar-refractivity contribution in [3.8, 4) is 0 Å². The van der Waals surface area contributed by atoms with Crippen molar-refractivity contribution in [1.29, 1.82) is 0 Å². The van der Waals surface area contributed by atoms with Gasteiger partial charge in [-0.1, -0.05) is 0 Å². The molecule has 1 atom stereocenters. The summed E-state index contributed by atoms with van der Waals surface area (Å²) in [5.74, 6) is 0.107. The van der Waals surface area contributed by atoms with Gasteiger partial charge in [0.1, 0.15) is 5.69 Å². The lowest BCUT2D eigenvalue weighted by Crippen LogP contribution is -2.40. The van der Waals surface area contributed by atoms with E-state index in [1.54, 1.807) is 0 Å². The van der Waals surface area contributed by atoms with Crippen molar-refractivity contribution < 1.29 is 19.4 Å². The van der Waals surface area contributed by atoms with Crippen LogP contribution in [0.2, 0.25) is 0 Å². The van der Waals surface area contributed by atoms with Crippen molar-refractivity contribution in [2.24, 2.45) is 5.92 Å². The molecule has 1 aliphatic rings. The smallest absolute Gasteiger partial charge is 0.299 e. The Hall–Kier alpha value is -2.79. The van der Waals surface area contributed by atoms with Crippen molar-refractivity contribution in [2.75, 3.05) is 44.7 Å². The van der Waals surface area contributed by atoms with Gasteiger partial charge in [0.05, 0.1) is 28.4 Å². The third-order valence-electron chi connectivity index (χ3n) is 4.38. The van der Waals surface area contributed by atoms with Crippen molar-refractivity contribution >= 4 is 23.0 Å². The second kappa shape index (κ2) is 11.1. The summed E-state index contributed by atoms with van der Waals surface area (Å²) in [4.78, 5) is 32.4. The van der Waals surface area contributed by atoms with Gasteiger partial charge in [-0.2, -0.15) is 0 Å². The Morgan fingerprint density at radius 2 is 2.04 bits per heavy atom. The minimum absolute atomic E-state index is 0.0383. The van der Waals surface area contributed by atoms with Crippen molar-refractivity contribution in [2.45, 2.75) is 19.3 Å². The van der Waals surface area contributed by atoms with Gasteiger partial charge in [-0.05, 0) is 31.9 Å². The molecular formula is C17H25N5O6. The molecule has 0 radical (unpaired) electrons. The maximum absolute atomic E-state index is 11.9. The molecule has 2 rings (SSSR count). The van der Waals surface area contributed by atoms with Crippen LogP contribution in [0, 0.1) is 26.1 Å². The molecule has 0 spiro atoms. The molecule has 3 N–H and O–H groups in total. The maximum Gasteiger partial charge on any atom is 0.299 e. The first kappa shape index (κ1) is 21.5. The van der Waals surface area contributed by atoms with Crippen molar-refractivity contribution in [3.05, 3.63) is 38.4 Å². The van der Waals surface area contributed by atoms with Crippen LogP contribution in [0.3, 0.4) is 0 Å². The lowest BCUT2D eigenvalue weighted by atomic mass is 9.99. The highest BCUT2D eigenvalue weighted by Gasteiger charge is 2.20. The molecule has 1 aromatic rings. The third-order valence-corrected chi connectivity index (χ3v) is 4.38. The molecule has 1 aliphatic heterocycles. The second-order valence-electron chi connectivity index (χ2n) is 6.44. The van der Waals surface area contributed by atoms with Crippen LogP contribution in [0.1, 0.15) is 19.3 Å². The van der Waals surface area contributed by atoms with E-state index in [1.807, 2.05) is 0 Å². The van der Waals surface area contributed by atoms with Crippen molar-refractivity contribution in [3.63, 3.8) is 0 Å². The summed E-state index contributed by atoms with van der Waals surface area (Å²) in [7, 11) is 0. The zero-order valence-corrected chi connectivity index (χ0v) is 15.5. The minimum atomic E-state index is -0.677. The molecule has 1 fully saturated rings. The molecule has 0 aromatic heterocycles. The number of nitro groups is 2. The van der Waals surface area contributed by atoms with E-state index in [0.717, 1.165) is 32.0 Å². The van der Waals surface area contributed by atoms with Gasteiger partial charge in [0, 0.05) is 32.3 Å². The number of non-ortho nitro benzene ring substituents is 1. The Morgan fingerprint density at radius 1 is 1.21 bits per heavy atom. The van der Waals surface area contributed by atoms with Crippen LogP contribution in [0.15, 0.2) is 18.2 Å². The van der Waals surface area contributed by atoms with Gasteiger partial charge in [0.25, 0.3) is 11.4 Å². The maximum atomic E-state index is 11.9. The van der Waals surface area contributed by atoms with Crippen LogP contribution in [-0.4, -0.2) is 55.1 Å². The number of benzene rings is 1. The highest BCUT2D eigenvalue weighted by Crippen LogP contribution is 2.28. The Bertz CT molecular complexity index is 693. The number of piperidine rings is 1. The predicted octanol–water partition coefficient (Wildman–Crippen LogP) is 1.44. The number of nitrogens with one attached hydrogen (secondary N) is 3. The SMILES string of the molecule is O=C(NCCCOCCNc1ccc([N+](=O)[O-])cc1[N+](=O)[O-])C1CCCNC1. The van der Waals surface area contributed by atoms with Gasteiger partial charge >= 0.3 is 0 Å². The molecule has 1 heterocycles. The molecule has 1 saturated heterocycles. The van der Waals surface area contributed by atoms with E-state index < -0.39 is 9.85 Å². The molecule has 28 heavy (non-hydrogen) atoms. The first-order chi connectivity index (χ1) is 13.5. The van der Waals surface area contributed by atoms with Crippen LogP contribution in [0.5, 0.6) is 0 Å². The number of anilines is 1. The molecule has 1 aromatic carbocycles. The number of carbonyl (C=O) groups is 1. The molecular weight excluding hydrogens is 370 g/mol. The van der Waals surface area contributed by atoms with E-state index in [4.69, 9.17) is 4.74 Å². The van der Waals surface area contributed by atoms with Crippen LogP contribution < -0.4 is 16.0 Å². The first-order valence-corrected chi connectivity index (χ1v) is 9.22. The molecule has 0 bridgehead atoms. The summed E-state index contributed by atoms with van der Waals surface area (Å²) in [6.07, 6.45) is 2.60. The highest BCUT2D eigenvalue weighted by atomic mass is 16.6. The van der Waals surface area contributed by atoms with E-state index in [2.05, 4.69) is 16.0 Å². The number of nitrogens with zero attached hydrogens (tertiary/aromatic N) is 2. The Balaban J connectivity index is 1.61. The topological polar surface area (TPSA) is 149 Å².